The number of nitrogen functional groups attached to an aromatic ring is 1. The number of carbonyl (C=O) groups is 3. The number of hydrogen-bond acceptors (Lipinski definition) is 11. The summed E-state index contributed by atoms with van der Waals surface area (Å²) >= 11 is 1.88. The van der Waals surface area contributed by atoms with Crippen molar-refractivity contribution in [2.24, 2.45) is 10.9 Å². The Morgan fingerprint density at radius 1 is 1.56 bits per heavy atom. The first-order chi connectivity index (χ1) is 12.6. The van der Waals surface area contributed by atoms with Crippen LogP contribution >= 0.6 is 23.1 Å². The van der Waals surface area contributed by atoms with Gasteiger partial charge in [0.1, 0.15) is 17.6 Å². The van der Waals surface area contributed by atoms with Gasteiger partial charge in [-0.15, -0.1) is 23.1 Å². The standard InChI is InChI=1S/C11H14N6O7S3/c12-6(18)4-25-10-8(9(20)17(10)27(21,22)23)16-7(19)1-14-24-2-5-3-26-11(13)15-5/h1,3,8,10H,2,4H2,(H2,12,18)(H2,13,15)(H,16,19)(H,21,22,23)/t8-,10+/m1/s1. The quantitative estimate of drug-likeness (QED) is 0.143. The van der Waals surface area contributed by atoms with Crippen molar-refractivity contribution >= 4 is 62.5 Å². The zero-order chi connectivity index (χ0) is 20.2. The molecule has 1 aromatic heterocycles. The van der Waals surface area contributed by atoms with Gasteiger partial charge >= 0.3 is 10.3 Å². The Morgan fingerprint density at radius 2 is 2.26 bits per heavy atom. The molecule has 27 heavy (non-hydrogen) atoms. The number of carbonyl (C=O) groups excluding carboxylic acids is 3. The van der Waals surface area contributed by atoms with Gasteiger partial charge in [-0.05, 0) is 0 Å². The Balaban J connectivity index is 1.90. The van der Waals surface area contributed by atoms with Crippen LogP contribution in [-0.4, -0.2) is 63.4 Å². The third-order valence-electron chi connectivity index (χ3n) is 2.97. The molecule has 0 spiro atoms. The zero-order valence-corrected chi connectivity index (χ0v) is 15.8. The minimum atomic E-state index is -4.85. The van der Waals surface area contributed by atoms with E-state index < -0.39 is 39.4 Å². The number of rotatable bonds is 9. The number of nitrogens with two attached hydrogens (primary N) is 2. The minimum Gasteiger partial charge on any atom is -0.389 e. The van der Waals surface area contributed by atoms with Crippen molar-refractivity contribution in [2.75, 3.05) is 11.5 Å². The summed E-state index contributed by atoms with van der Waals surface area (Å²) in [6.07, 6.45) is 0.731. The molecule has 148 valence electrons. The number of oxime groups is 1. The number of thiazole rings is 1. The number of aromatic nitrogens is 1. The van der Waals surface area contributed by atoms with Crippen molar-refractivity contribution in [2.45, 2.75) is 18.0 Å². The van der Waals surface area contributed by atoms with Crippen LogP contribution in [0.15, 0.2) is 10.5 Å². The van der Waals surface area contributed by atoms with E-state index in [1.54, 1.807) is 5.38 Å². The fourth-order valence-corrected chi connectivity index (χ4v) is 4.65. The minimum absolute atomic E-state index is 0.0343. The maximum Gasteiger partial charge on any atom is 0.363 e. The number of thioether (sulfide) groups is 1. The highest BCUT2D eigenvalue weighted by molar-refractivity contribution is 8.01. The summed E-state index contributed by atoms with van der Waals surface area (Å²) in [5, 5.41) is 6.36. The Kier molecular flexibility index (Phi) is 6.58. The van der Waals surface area contributed by atoms with E-state index in [0.29, 0.717) is 22.6 Å². The molecule has 1 fully saturated rings. The van der Waals surface area contributed by atoms with Gasteiger partial charge in [0.15, 0.2) is 11.7 Å². The summed E-state index contributed by atoms with van der Waals surface area (Å²) in [7, 11) is -4.85. The third kappa shape index (κ3) is 5.52. The molecule has 0 unspecified atom stereocenters. The molecule has 0 bridgehead atoms. The Hall–Kier alpha value is -2.43. The number of primary amides is 1. The van der Waals surface area contributed by atoms with Gasteiger partial charge in [0.05, 0.1) is 11.4 Å². The van der Waals surface area contributed by atoms with Crippen molar-refractivity contribution in [1.29, 1.82) is 0 Å². The summed E-state index contributed by atoms with van der Waals surface area (Å²) in [6.45, 7) is -0.0343. The van der Waals surface area contributed by atoms with Gasteiger partial charge in [-0.25, -0.2) is 4.98 Å². The predicted octanol–water partition coefficient (Wildman–Crippen LogP) is -2.10. The molecule has 1 saturated heterocycles. The number of nitrogens with zero attached hydrogens (tertiary/aromatic N) is 3. The molecule has 13 nitrogen and oxygen atoms in total. The molecule has 0 aliphatic carbocycles. The second-order valence-corrected chi connectivity index (χ2v) is 8.23. The van der Waals surface area contributed by atoms with E-state index in [9.17, 15) is 22.8 Å². The van der Waals surface area contributed by atoms with Crippen LogP contribution in [0.4, 0.5) is 5.13 Å². The lowest BCUT2D eigenvalue weighted by atomic mass is 10.1. The summed E-state index contributed by atoms with van der Waals surface area (Å²) in [5.74, 6) is -3.02. The maximum atomic E-state index is 11.9. The van der Waals surface area contributed by atoms with Crippen LogP contribution in [-0.2, 0) is 36.1 Å². The van der Waals surface area contributed by atoms with Crippen LogP contribution in [0.3, 0.4) is 0 Å². The summed E-state index contributed by atoms with van der Waals surface area (Å²) in [6, 6.07) is -1.30. The van der Waals surface area contributed by atoms with Gasteiger partial charge in [0.25, 0.3) is 11.8 Å². The summed E-state index contributed by atoms with van der Waals surface area (Å²) in [4.78, 5) is 43.3. The average Bonchev–Trinajstić information content (AvgIpc) is 2.96. The van der Waals surface area contributed by atoms with E-state index in [-0.39, 0.29) is 16.7 Å². The molecule has 2 rings (SSSR count). The smallest absolute Gasteiger partial charge is 0.363 e. The van der Waals surface area contributed by atoms with E-state index in [2.05, 4.69) is 15.5 Å². The monoisotopic (exact) mass is 438 g/mol. The highest BCUT2D eigenvalue weighted by Crippen LogP contribution is 2.32. The molecular formula is C11H14N6O7S3. The molecule has 2 atom stereocenters. The molecular weight excluding hydrogens is 424 g/mol. The molecule has 16 heteroatoms. The summed E-state index contributed by atoms with van der Waals surface area (Å²) < 4.78 is 31.6. The molecule has 3 amide bonds. The molecule has 0 radical (unpaired) electrons. The van der Waals surface area contributed by atoms with E-state index >= 15 is 0 Å². The van der Waals surface area contributed by atoms with E-state index in [4.69, 9.17) is 20.9 Å². The predicted molar refractivity (Wildman–Crippen MR) is 95.6 cm³/mol. The van der Waals surface area contributed by atoms with Crippen LogP contribution in [0.25, 0.3) is 0 Å². The normalized spacial score (nSPS) is 19.7. The highest BCUT2D eigenvalue weighted by atomic mass is 32.2. The van der Waals surface area contributed by atoms with E-state index in [1.165, 1.54) is 11.3 Å². The molecule has 2 heterocycles. The van der Waals surface area contributed by atoms with Gasteiger partial charge in [-0.3, -0.25) is 18.9 Å². The van der Waals surface area contributed by atoms with Gasteiger partial charge in [0.2, 0.25) is 5.91 Å². The highest BCUT2D eigenvalue weighted by Gasteiger charge is 2.54. The Labute approximate surface area is 161 Å². The molecule has 1 aliphatic rings. The fraction of sp³-hybridized carbons (Fsp3) is 0.364. The van der Waals surface area contributed by atoms with Crippen LogP contribution in [0.2, 0.25) is 0 Å². The van der Waals surface area contributed by atoms with Gasteiger partial charge in [0, 0.05) is 5.38 Å². The first-order valence-corrected chi connectivity index (χ1v) is 10.3. The lowest BCUT2D eigenvalue weighted by Crippen LogP contribution is -2.70. The largest absolute Gasteiger partial charge is 0.389 e. The number of hydrogen-bond donors (Lipinski definition) is 4. The van der Waals surface area contributed by atoms with Crippen molar-refractivity contribution in [3.63, 3.8) is 0 Å². The number of nitrogens with one attached hydrogen (secondary N) is 1. The third-order valence-corrected chi connectivity index (χ3v) is 6.00. The van der Waals surface area contributed by atoms with Crippen molar-refractivity contribution in [1.82, 2.24) is 14.6 Å². The molecule has 6 N–H and O–H groups in total. The summed E-state index contributed by atoms with van der Waals surface area (Å²) in [5.41, 5.74) is 10.9. The van der Waals surface area contributed by atoms with E-state index in [1.807, 2.05) is 0 Å². The molecule has 1 aromatic rings. The Bertz CT molecular complexity index is 870. The first kappa shape index (κ1) is 20.9. The molecule has 1 aliphatic heterocycles. The zero-order valence-electron chi connectivity index (χ0n) is 13.3. The maximum absolute atomic E-state index is 11.9. The van der Waals surface area contributed by atoms with Gasteiger partial charge < -0.3 is 21.6 Å². The van der Waals surface area contributed by atoms with Gasteiger partial charge in [-0.2, -0.15) is 12.7 Å². The van der Waals surface area contributed by atoms with Crippen molar-refractivity contribution in [3.8, 4) is 0 Å². The average molecular weight is 438 g/mol. The lowest BCUT2D eigenvalue weighted by Gasteiger charge is -2.43. The molecule has 0 saturated carbocycles. The van der Waals surface area contributed by atoms with Crippen LogP contribution < -0.4 is 16.8 Å². The van der Waals surface area contributed by atoms with E-state index in [0.717, 1.165) is 6.21 Å². The SMILES string of the molecule is NC(=O)CS[C@H]1[C@H](NC(=O)C=NOCc2csc(N)n2)C(=O)N1S(=O)(=O)O. The molecule has 0 aromatic carbocycles. The van der Waals surface area contributed by atoms with Crippen molar-refractivity contribution < 1.29 is 32.2 Å². The van der Waals surface area contributed by atoms with Gasteiger partial charge in [-0.1, -0.05) is 5.16 Å². The Morgan fingerprint density at radius 3 is 2.81 bits per heavy atom. The topological polar surface area (TPSA) is 207 Å². The number of β-lactam (4-membered cyclic amide) rings is 1. The van der Waals surface area contributed by atoms with Crippen LogP contribution in [0.1, 0.15) is 5.69 Å². The van der Waals surface area contributed by atoms with Crippen molar-refractivity contribution in [3.05, 3.63) is 11.1 Å². The fourth-order valence-electron chi connectivity index (χ4n) is 1.92. The number of amides is 3. The number of anilines is 1. The second kappa shape index (κ2) is 8.51. The van der Waals surface area contributed by atoms with Crippen LogP contribution in [0.5, 0.6) is 0 Å². The first-order valence-electron chi connectivity index (χ1n) is 6.96. The second-order valence-electron chi connectivity index (χ2n) is 4.95. The van der Waals surface area contributed by atoms with Crippen LogP contribution in [0, 0.1) is 0 Å². The lowest BCUT2D eigenvalue weighted by molar-refractivity contribution is -0.141.